The molecule has 0 saturated carbocycles. The maximum atomic E-state index is 12.3. The van der Waals surface area contributed by atoms with Crippen LogP contribution in [0.25, 0.3) is 5.65 Å². The smallest absolute Gasteiger partial charge is 0.322 e. The molecule has 3 aromatic heterocycles. The molecule has 1 N–H and O–H groups in total. The number of carbonyl (C=O) groups excluding carboxylic acids is 1. The van der Waals surface area contributed by atoms with E-state index in [0.29, 0.717) is 11.7 Å². The maximum absolute atomic E-state index is 12.3. The molecule has 6 nitrogen and oxygen atoms in total. The average molecular weight is 344 g/mol. The largest absolute Gasteiger partial charge is 0.453 e. The minimum absolute atomic E-state index is 0.0660. The molecule has 1 amide bonds. The number of amides is 1. The average Bonchev–Trinajstić information content (AvgIpc) is 3.19. The van der Waals surface area contributed by atoms with E-state index in [1.165, 1.54) is 0 Å². The number of hydrogen-bond acceptors (Lipinski definition) is 5. The van der Waals surface area contributed by atoms with Crippen molar-refractivity contribution in [2.75, 3.05) is 6.61 Å². The zero-order chi connectivity index (χ0) is 17.2. The Morgan fingerprint density at radius 3 is 2.83 bits per heavy atom. The zero-order valence-electron chi connectivity index (χ0n) is 13.9. The quantitative estimate of drug-likeness (QED) is 0.772. The summed E-state index contributed by atoms with van der Waals surface area (Å²) in [6.07, 6.45) is 1.80. The summed E-state index contributed by atoms with van der Waals surface area (Å²) >= 11 is 1.64. The van der Waals surface area contributed by atoms with Crippen LogP contribution in [-0.2, 0) is 4.79 Å². The first-order chi connectivity index (χ1) is 11.4. The first kappa shape index (κ1) is 16.4. The van der Waals surface area contributed by atoms with E-state index in [4.69, 9.17) is 4.74 Å². The highest BCUT2D eigenvalue weighted by Gasteiger charge is 2.28. The zero-order valence-corrected chi connectivity index (χ0v) is 14.7. The predicted molar refractivity (Wildman–Crippen MR) is 93.1 cm³/mol. The molecule has 7 heteroatoms. The van der Waals surface area contributed by atoms with Crippen LogP contribution in [0.4, 0.5) is 0 Å². The number of carbonyl (C=O) groups is 1. The highest BCUT2D eigenvalue weighted by molar-refractivity contribution is 7.10. The summed E-state index contributed by atoms with van der Waals surface area (Å²) in [5.74, 6) is -0.184. The molecule has 0 saturated heterocycles. The van der Waals surface area contributed by atoms with Gasteiger partial charge >= 0.3 is 6.01 Å². The SMILES string of the molecule is CC(C)(C)[C@@H](NC(=O)COc1nnc2ccccn12)c1cccs1. The second-order valence-corrected chi connectivity index (χ2v) is 7.56. The second kappa shape index (κ2) is 6.60. The van der Waals surface area contributed by atoms with Gasteiger partial charge in [-0.3, -0.25) is 9.20 Å². The van der Waals surface area contributed by atoms with Crippen molar-refractivity contribution in [1.82, 2.24) is 19.9 Å². The lowest BCUT2D eigenvalue weighted by atomic mass is 9.86. The van der Waals surface area contributed by atoms with Crippen molar-refractivity contribution in [3.63, 3.8) is 0 Å². The van der Waals surface area contributed by atoms with Gasteiger partial charge in [0.05, 0.1) is 6.04 Å². The van der Waals surface area contributed by atoms with Crippen LogP contribution in [0.1, 0.15) is 31.7 Å². The Morgan fingerprint density at radius 1 is 1.29 bits per heavy atom. The van der Waals surface area contributed by atoms with E-state index in [-0.39, 0.29) is 24.0 Å². The number of hydrogen-bond donors (Lipinski definition) is 1. The Hall–Kier alpha value is -2.41. The second-order valence-electron chi connectivity index (χ2n) is 6.58. The molecule has 3 aromatic rings. The summed E-state index contributed by atoms with van der Waals surface area (Å²) in [7, 11) is 0. The van der Waals surface area contributed by atoms with Crippen LogP contribution in [0, 0.1) is 5.41 Å². The molecule has 126 valence electrons. The third-order valence-corrected chi connectivity index (χ3v) is 4.55. The van der Waals surface area contributed by atoms with Crippen LogP contribution >= 0.6 is 11.3 Å². The molecule has 0 aliphatic rings. The van der Waals surface area contributed by atoms with Gasteiger partial charge in [0.2, 0.25) is 0 Å². The molecular formula is C17H20N4O2S. The summed E-state index contributed by atoms with van der Waals surface area (Å²) < 4.78 is 7.23. The number of aromatic nitrogens is 3. The molecule has 0 bridgehead atoms. The molecule has 3 heterocycles. The van der Waals surface area contributed by atoms with Gasteiger partial charge < -0.3 is 10.1 Å². The molecule has 0 radical (unpaired) electrons. The van der Waals surface area contributed by atoms with Crippen molar-refractivity contribution in [3.8, 4) is 6.01 Å². The number of ether oxygens (including phenoxy) is 1. The summed E-state index contributed by atoms with van der Waals surface area (Å²) in [6.45, 7) is 6.20. The number of nitrogens with zero attached hydrogens (tertiary/aromatic N) is 3. The van der Waals surface area contributed by atoms with Gasteiger partial charge in [-0.25, -0.2) is 0 Å². The topological polar surface area (TPSA) is 68.5 Å². The van der Waals surface area contributed by atoms with Gasteiger partial charge in [-0.15, -0.1) is 16.4 Å². The molecule has 1 atom stereocenters. The molecule has 0 fully saturated rings. The lowest BCUT2D eigenvalue weighted by molar-refractivity contribution is -0.124. The summed E-state index contributed by atoms with van der Waals surface area (Å²) in [6, 6.07) is 9.82. The Morgan fingerprint density at radius 2 is 2.12 bits per heavy atom. The van der Waals surface area contributed by atoms with Gasteiger partial charge in [0.1, 0.15) is 0 Å². The van der Waals surface area contributed by atoms with Crippen LogP contribution in [0.2, 0.25) is 0 Å². The summed E-state index contributed by atoms with van der Waals surface area (Å²) in [5.41, 5.74) is 0.585. The lowest BCUT2D eigenvalue weighted by Crippen LogP contribution is -2.38. The number of nitrogens with one attached hydrogen (secondary N) is 1. The normalized spacial score (nSPS) is 13.0. The highest BCUT2D eigenvalue weighted by atomic mass is 32.1. The van der Waals surface area contributed by atoms with Gasteiger partial charge in [0, 0.05) is 11.1 Å². The van der Waals surface area contributed by atoms with Crippen LogP contribution in [0.5, 0.6) is 6.01 Å². The molecule has 0 aliphatic heterocycles. The van der Waals surface area contributed by atoms with Crippen LogP contribution in [-0.4, -0.2) is 27.1 Å². The Bertz CT molecular complexity index is 821. The van der Waals surface area contributed by atoms with Crippen molar-refractivity contribution >= 4 is 22.9 Å². The number of pyridine rings is 1. The van der Waals surface area contributed by atoms with E-state index < -0.39 is 0 Å². The lowest BCUT2D eigenvalue weighted by Gasteiger charge is -2.30. The first-order valence-corrected chi connectivity index (χ1v) is 8.58. The van der Waals surface area contributed by atoms with E-state index in [1.807, 2.05) is 35.7 Å². The van der Waals surface area contributed by atoms with Gasteiger partial charge in [-0.05, 0) is 29.0 Å². The van der Waals surface area contributed by atoms with Gasteiger partial charge in [-0.2, -0.15) is 0 Å². The minimum Gasteiger partial charge on any atom is -0.453 e. The molecule has 3 rings (SSSR count). The fraction of sp³-hybridized carbons (Fsp3) is 0.353. The van der Waals surface area contributed by atoms with Gasteiger partial charge in [0.15, 0.2) is 12.3 Å². The number of fused-ring (bicyclic) bond motifs is 1. The maximum Gasteiger partial charge on any atom is 0.322 e. The molecule has 0 unspecified atom stereocenters. The first-order valence-electron chi connectivity index (χ1n) is 7.70. The van der Waals surface area contributed by atoms with Gasteiger partial charge in [-0.1, -0.05) is 38.0 Å². The third-order valence-electron chi connectivity index (χ3n) is 3.61. The Balaban J connectivity index is 1.66. The fourth-order valence-electron chi connectivity index (χ4n) is 2.42. The van der Waals surface area contributed by atoms with E-state index in [9.17, 15) is 4.79 Å². The van der Waals surface area contributed by atoms with Crippen molar-refractivity contribution in [2.45, 2.75) is 26.8 Å². The summed E-state index contributed by atoms with van der Waals surface area (Å²) in [4.78, 5) is 13.5. The van der Waals surface area contributed by atoms with Crippen molar-refractivity contribution < 1.29 is 9.53 Å². The molecular weight excluding hydrogens is 324 g/mol. The van der Waals surface area contributed by atoms with Crippen LogP contribution < -0.4 is 10.1 Å². The third kappa shape index (κ3) is 3.56. The van der Waals surface area contributed by atoms with Gasteiger partial charge in [0.25, 0.3) is 5.91 Å². The van der Waals surface area contributed by atoms with E-state index in [2.05, 4.69) is 36.3 Å². The number of rotatable bonds is 5. The monoisotopic (exact) mass is 344 g/mol. The molecule has 24 heavy (non-hydrogen) atoms. The standard InChI is InChI=1S/C17H20N4O2S/c1-17(2,3)15(12-7-6-10-24-12)18-14(22)11-23-16-20-19-13-8-4-5-9-21(13)16/h4-10,15H,11H2,1-3H3,(H,18,22)/t15-/m0/s1. The predicted octanol–water partition coefficient (Wildman–Crippen LogP) is 3.07. The molecule has 0 aliphatic carbocycles. The van der Waals surface area contributed by atoms with E-state index in [0.717, 1.165) is 4.88 Å². The van der Waals surface area contributed by atoms with Crippen LogP contribution in [0.15, 0.2) is 41.9 Å². The Labute approximate surface area is 144 Å². The van der Waals surface area contributed by atoms with Crippen molar-refractivity contribution in [1.29, 1.82) is 0 Å². The molecule has 0 spiro atoms. The minimum atomic E-state index is -0.184. The highest BCUT2D eigenvalue weighted by Crippen LogP contribution is 2.34. The fourth-order valence-corrected chi connectivity index (χ4v) is 3.44. The van der Waals surface area contributed by atoms with E-state index >= 15 is 0 Å². The Kier molecular flexibility index (Phi) is 4.53. The van der Waals surface area contributed by atoms with Crippen LogP contribution in [0.3, 0.4) is 0 Å². The van der Waals surface area contributed by atoms with Crippen molar-refractivity contribution in [2.24, 2.45) is 5.41 Å². The van der Waals surface area contributed by atoms with E-state index in [1.54, 1.807) is 21.9 Å². The summed E-state index contributed by atoms with van der Waals surface area (Å²) in [5, 5.41) is 13.0. The van der Waals surface area contributed by atoms with Crippen molar-refractivity contribution in [3.05, 3.63) is 46.8 Å². The molecule has 0 aromatic carbocycles. The number of thiophene rings is 1.